The van der Waals surface area contributed by atoms with Gasteiger partial charge in [0.25, 0.3) is 0 Å². The molecular weight excluding hydrogens is 737 g/mol. The zero-order valence-electron chi connectivity index (χ0n) is 34.6. The third-order valence-corrected chi connectivity index (χ3v) is 10.9. The number of nitrogens with two attached hydrogens (primary N) is 1. The molecule has 0 aromatic carbocycles. The summed E-state index contributed by atoms with van der Waals surface area (Å²) in [5.41, 5.74) is 5.34. The van der Waals surface area contributed by atoms with Crippen LogP contribution in [0.4, 0.5) is 0 Å². The van der Waals surface area contributed by atoms with E-state index in [2.05, 4.69) is 26.0 Å². The third-order valence-electron chi connectivity index (χ3n) is 9.87. The number of allylic oxidation sites excluding steroid dienone is 4. The highest BCUT2D eigenvalue weighted by molar-refractivity contribution is 7.47. The van der Waals surface area contributed by atoms with Gasteiger partial charge < -0.3 is 30.3 Å². The van der Waals surface area contributed by atoms with E-state index in [1.165, 1.54) is 51.4 Å². The quantitative estimate of drug-likeness (QED) is 0.0204. The van der Waals surface area contributed by atoms with Crippen molar-refractivity contribution in [2.45, 2.75) is 180 Å². The summed E-state index contributed by atoms with van der Waals surface area (Å²) in [6.45, 7) is 3.29. The fourth-order valence-electron chi connectivity index (χ4n) is 6.55. The lowest BCUT2D eigenvalue weighted by molar-refractivity contribution is -0.161. The fourth-order valence-corrected chi connectivity index (χ4v) is 7.32. The number of carbonyl (C=O) groups excluding carboxylic acids is 3. The van der Waals surface area contributed by atoms with Crippen molar-refractivity contribution in [1.82, 2.24) is 0 Å². The predicted molar refractivity (Wildman–Crippen MR) is 221 cm³/mol. The first-order valence-corrected chi connectivity index (χ1v) is 23.1. The number of ketones is 1. The van der Waals surface area contributed by atoms with E-state index in [0.29, 0.717) is 32.1 Å². The maximum absolute atomic E-state index is 12.7. The van der Waals surface area contributed by atoms with E-state index in [9.17, 15) is 34.1 Å². The first kappa shape index (κ1) is 51.8. The van der Waals surface area contributed by atoms with Crippen LogP contribution in [-0.4, -0.2) is 77.5 Å². The zero-order valence-corrected chi connectivity index (χ0v) is 35.5. The molecule has 6 atom stereocenters. The number of aliphatic hydroxyl groups is 2. The van der Waals surface area contributed by atoms with Crippen molar-refractivity contribution in [1.29, 1.82) is 0 Å². The molecule has 56 heavy (non-hydrogen) atoms. The van der Waals surface area contributed by atoms with Gasteiger partial charge in [-0.3, -0.25) is 23.4 Å². The highest BCUT2D eigenvalue weighted by Gasteiger charge is 2.39. The number of aliphatic hydroxyl groups excluding tert-OH is 2. The number of ether oxygens (including phenoxy) is 2. The summed E-state index contributed by atoms with van der Waals surface area (Å²) < 4.78 is 32.7. The average molecular weight is 814 g/mol. The molecule has 0 aromatic rings. The van der Waals surface area contributed by atoms with Gasteiger partial charge in [-0.05, 0) is 57.8 Å². The highest BCUT2D eigenvalue weighted by atomic mass is 31.2. The van der Waals surface area contributed by atoms with Crippen LogP contribution in [0.15, 0.2) is 36.5 Å². The van der Waals surface area contributed by atoms with Crippen molar-refractivity contribution in [3.8, 4) is 0 Å². The summed E-state index contributed by atoms with van der Waals surface area (Å²) in [5.74, 6) is -1.77. The molecule has 1 aliphatic carbocycles. The maximum Gasteiger partial charge on any atom is 0.472 e. The molecule has 324 valence electrons. The van der Waals surface area contributed by atoms with Crippen LogP contribution in [0, 0.1) is 11.8 Å². The van der Waals surface area contributed by atoms with Crippen molar-refractivity contribution in [3.63, 3.8) is 0 Å². The van der Waals surface area contributed by atoms with Gasteiger partial charge in [0.2, 0.25) is 0 Å². The molecule has 1 saturated carbocycles. The number of Topliss-reactive ketones (excluding diaryl/α,β-unsaturated/α-hetero) is 1. The Kier molecular flexibility index (Phi) is 31.2. The number of phosphoric ester groups is 1. The Hall–Kier alpha value is -2.18. The zero-order chi connectivity index (χ0) is 41.3. The Labute approximate surface area is 337 Å². The standard InChI is InChI=1S/C43H76NO11P/c1-3-5-7-8-9-10-11-12-13-14-15-16-17-18-23-27-42(48)52-34-37(35-54-56(50,51)53-32-31-44)55-43(49)28-24-20-19-22-26-38-39(41(47)33-40(38)46)30-29-36(45)25-21-6-4-2/h10-11,19,22,29-30,36-39,41,45,47H,3-9,12-18,20-21,23-28,31-35,44H2,1-2H3,(H,50,51)/b11-10-,22-19-,30-29+/t36-,37+,38+,39+,41+/m0/s1. The van der Waals surface area contributed by atoms with E-state index in [-0.39, 0.29) is 56.6 Å². The number of rotatable bonds is 36. The van der Waals surface area contributed by atoms with Gasteiger partial charge in [0, 0.05) is 37.6 Å². The summed E-state index contributed by atoms with van der Waals surface area (Å²) >= 11 is 0. The van der Waals surface area contributed by atoms with Crippen molar-refractivity contribution in [2.75, 3.05) is 26.4 Å². The smallest absolute Gasteiger partial charge is 0.462 e. The summed E-state index contributed by atoms with van der Waals surface area (Å²) in [4.78, 5) is 47.6. The molecule has 0 heterocycles. The monoisotopic (exact) mass is 814 g/mol. The molecule has 0 saturated heterocycles. The molecule has 1 fully saturated rings. The molecule has 12 nitrogen and oxygen atoms in total. The Bertz CT molecular complexity index is 1180. The summed E-state index contributed by atoms with van der Waals surface area (Å²) in [5, 5.41) is 20.7. The molecule has 13 heteroatoms. The van der Waals surface area contributed by atoms with Crippen LogP contribution in [0.5, 0.6) is 0 Å². The van der Waals surface area contributed by atoms with Gasteiger partial charge in [0.1, 0.15) is 12.4 Å². The number of phosphoric acid groups is 1. The van der Waals surface area contributed by atoms with Crippen molar-refractivity contribution >= 4 is 25.5 Å². The van der Waals surface area contributed by atoms with Gasteiger partial charge in [-0.1, -0.05) is 121 Å². The topological polar surface area (TPSA) is 192 Å². The number of hydrogen-bond acceptors (Lipinski definition) is 11. The molecule has 0 amide bonds. The van der Waals surface area contributed by atoms with Crippen LogP contribution in [0.1, 0.15) is 162 Å². The van der Waals surface area contributed by atoms with Gasteiger partial charge in [-0.2, -0.15) is 0 Å². The fraction of sp³-hybridized carbons (Fsp3) is 0.791. The SMILES string of the molecule is CCCCCC/C=C\CCCCCCCCCC(=O)OC[C@H](COP(=O)(O)OCCN)OC(=O)CCC/C=C\C[C@H]1C(=O)C[C@@H](O)[C@@H]1/C=C/[C@@H](O)CCCCC. The van der Waals surface area contributed by atoms with Crippen LogP contribution in [0.25, 0.3) is 0 Å². The number of carbonyl (C=O) groups is 3. The number of hydrogen-bond donors (Lipinski definition) is 4. The normalized spacial score (nSPS) is 19.6. The van der Waals surface area contributed by atoms with E-state index in [0.717, 1.165) is 44.9 Å². The minimum absolute atomic E-state index is 0.00909. The van der Waals surface area contributed by atoms with Crippen LogP contribution >= 0.6 is 7.82 Å². The molecule has 5 N–H and O–H groups in total. The van der Waals surface area contributed by atoms with Crippen LogP contribution in [0.3, 0.4) is 0 Å². The number of esters is 2. The molecule has 0 radical (unpaired) electrons. The lowest BCUT2D eigenvalue weighted by Gasteiger charge is -2.19. The largest absolute Gasteiger partial charge is 0.472 e. The second-order valence-electron chi connectivity index (χ2n) is 15.0. The van der Waals surface area contributed by atoms with Crippen LogP contribution in [0.2, 0.25) is 0 Å². The minimum Gasteiger partial charge on any atom is -0.462 e. The second kappa shape index (κ2) is 33.8. The molecular formula is C43H76NO11P. The molecule has 1 unspecified atom stereocenters. The molecule has 1 aliphatic rings. The highest BCUT2D eigenvalue weighted by Crippen LogP contribution is 2.43. The molecule has 0 spiro atoms. The first-order valence-electron chi connectivity index (χ1n) is 21.6. The van der Waals surface area contributed by atoms with E-state index < -0.39 is 44.7 Å². The van der Waals surface area contributed by atoms with Crippen LogP contribution < -0.4 is 5.73 Å². The average Bonchev–Trinajstić information content (AvgIpc) is 3.44. The predicted octanol–water partition coefficient (Wildman–Crippen LogP) is 8.75. The van der Waals surface area contributed by atoms with Crippen LogP contribution in [-0.2, 0) is 37.5 Å². The van der Waals surface area contributed by atoms with E-state index >= 15 is 0 Å². The van der Waals surface area contributed by atoms with Gasteiger partial charge in [0.15, 0.2) is 6.10 Å². The molecule has 0 aliphatic heterocycles. The summed E-state index contributed by atoms with van der Waals surface area (Å²) in [7, 11) is -4.45. The van der Waals surface area contributed by atoms with Crippen molar-refractivity contribution in [3.05, 3.63) is 36.5 Å². The van der Waals surface area contributed by atoms with Crippen molar-refractivity contribution in [2.24, 2.45) is 17.6 Å². The van der Waals surface area contributed by atoms with E-state index in [1.807, 2.05) is 12.2 Å². The van der Waals surface area contributed by atoms with Gasteiger partial charge in [-0.25, -0.2) is 4.57 Å². The van der Waals surface area contributed by atoms with Gasteiger partial charge in [-0.15, -0.1) is 0 Å². The Morgan fingerprint density at radius 1 is 0.804 bits per heavy atom. The van der Waals surface area contributed by atoms with Gasteiger partial charge >= 0.3 is 19.8 Å². The van der Waals surface area contributed by atoms with E-state index in [1.54, 1.807) is 12.2 Å². The van der Waals surface area contributed by atoms with Gasteiger partial charge in [0.05, 0.1) is 25.4 Å². The lowest BCUT2D eigenvalue weighted by Crippen LogP contribution is -2.29. The molecule has 0 bridgehead atoms. The lowest BCUT2D eigenvalue weighted by atomic mass is 9.90. The summed E-state index contributed by atoms with van der Waals surface area (Å²) in [6.07, 6.45) is 29.6. The third kappa shape index (κ3) is 27.5. The Morgan fingerprint density at radius 3 is 2.07 bits per heavy atom. The summed E-state index contributed by atoms with van der Waals surface area (Å²) in [6, 6.07) is 0. The number of unbranched alkanes of at least 4 members (excludes halogenated alkanes) is 14. The first-order chi connectivity index (χ1) is 27.0. The second-order valence-corrected chi connectivity index (χ2v) is 16.4. The Morgan fingerprint density at radius 2 is 1.39 bits per heavy atom. The van der Waals surface area contributed by atoms with Crippen molar-refractivity contribution < 1.29 is 52.6 Å². The maximum atomic E-state index is 12.7. The Balaban J connectivity index is 2.43. The molecule has 0 aromatic heterocycles. The minimum atomic E-state index is -4.45. The molecule has 1 rings (SSSR count). The van der Waals surface area contributed by atoms with E-state index in [4.69, 9.17) is 24.3 Å².